The van der Waals surface area contributed by atoms with Crippen LogP contribution >= 0.6 is 11.3 Å². The molecule has 1 amide bonds. The van der Waals surface area contributed by atoms with E-state index in [0.717, 1.165) is 39.6 Å². The van der Waals surface area contributed by atoms with E-state index in [-0.39, 0.29) is 12.1 Å². The molecular weight excluding hydrogens is 321 g/mol. The van der Waals surface area contributed by atoms with E-state index in [2.05, 4.69) is 16.0 Å². The molecule has 24 heavy (non-hydrogen) atoms. The van der Waals surface area contributed by atoms with E-state index < -0.39 is 5.60 Å². The van der Waals surface area contributed by atoms with E-state index in [0.29, 0.717) is 6.54 Å². The van der Waals surface area contributed by atoms with E-state index in [1.807, 2.05) is 33.9 Å². The quantitative estimate of drug-likeness (QED) is 0.851. The first-order valence-corrected chi connectivity index (χ1v) is 8.97. The Kier molecular flexibility index (Phi) is 4.47. The minimum atomic E-state index is -0.495. The molecule has 0 spiro atoms. The van der Waals surface area contributed by atoms with Crippen LogP contribution in [0, 0.1) is 6.92 Å². The zero-order valence-corrected chi connectivity index (χ0v) is 15.4. The van der Waals surface area contributed by atoms with Crippen LogP contribution in [0.15, 0.2) is 12.3 Å². The number of hydrogen-bond donors (Lipinski definition) is 1. The van der Waals surface area contributed by atoms with Crippen LogP contribution in [0.1, 0.15) is 51.0 Å². The van der Waals surface area contributed by atoms with Crippen molar-refractivity contribution in [1.29, 1.82) is 0 Å². The number of aromatic nitrogens is 2. The Hall–Kier alpha value is -1.76. The highest BCUT2D eigenvalue weighted by Crippen LogP contribution is 2.33. The number of aryl methyl sites for hydroxylation is 1. The van der Waals surface area contributed by atoms with Crippen molar-refractivity contribution in [1.82, 2.24) is 14.9 Å². The van der Waals surface area contributed by atoms with Crippen LogP contribution < -0.4 is 4.78 Å². The van der Waals surface area contributed by atoms with E-state index in [4.69, 9.17) is 12.6 Å². The molecule has 0 bridgehead atoms. The average Bonchev–Trinajstić information content (AvgIpc) is 3.17. The lowest BCUT2D eigenvalue weighted by Crippen LogP contribution is -2.36. The molecule has 0 saturated carbocycles. The van der Waals surface area contributed by atoms with E-state index in [9.17, 15) is 4.79 Å². The fourth-order valence-corrected chi connectivity index (χ4v) is 3.76. The predicted octanol–water partition coefficient (Wildman–Crippen LogP) is 3.31. The lowest BCUT2D eigenvalue weighted by atomic mass is 10.0. The predicted molar refractivity (Wildman–Crippen MR) is 96.9 cm³/mol. The topological polar surface area (TPSA) is 58.2 Å². The Balaban J connectivity index is 1.80. The van der Waals surface area contributed by atoms with Gasteiger partial charge >= 0.3 is 6.09 Å². The van der Waals surface area contributed by atoms with Gasteiger partial charge in [-0.15, -0.1) is 11.3 Å². The molecule has 1 fully saturated rings. The van der Waals surface area contributed by atoms with Gasteiger partial charge in [0.1, 0.15) is 19.3 Å². The SMILES string of the molecule is [B]c1sc(-c2cnc(C3CCCN3C(=O)OC(C)(C)C)[nH]2)cc1C. The van der Waals surface area contributed by atoms with Crippen molar-refractivity contribution in [3.63, 3.8) is 0 Å². The molecule has 1 saturated heterocycles. The van der Waals surface area contributed by atoms with E-state index in [1.54, 1.807) is 4.90 Å². The van der Waals surface area contributed by atoms with Gasteiger partial charge in [-0.1, -0.05) is 0 Å². The molecule has 1 unspecified atom stereocenters. The van der Waals surface area contributed by atoms with Gasteiger partial charge in [0.25, 0.3) is 0 Å². The first-order valence-electron chi connectivity index (χ1n) is 8.15. The number of carbonyl (C=O) groups is 1. The van der Waals surface area contributed by atoms with Gasteiger partial charge in [0.15, 0.2) is 0 Å². The molecular formula is C17H22BN3O2S. The largest absolute Gasteiger partial charge is 0.444 e. The van der Waals surface area contributed by atoms with Gasteiger partial charge in [-0.3, -0.25) is 4.90 Å². The number of carbonyl (C=O) groups excluding carboxylic acids is 1. The number of nitrogens with one attached hydrogen (secondary N) is 1. The van der Waals surface area contributed by atoms with Crippen molar-refractivity contribution in [2.24, 2.45) is 0 Å². The smallest absolute Gasteiger partial charge is 0.410 e. The summed E-state index contributed by atoms with van der Waals surface area (Å²) in [6.45, 7) is 8.33. The molecule has 1 atom stereocenters. The molecule has 0 aliphatic carbocycles. The minimum Gasteiger partial charge on any atom is -0.444 e. The lowest BCUT2D eigenvalue weighted by Gasteiger charge is -2.27. The Morgan fingerprint density at radius 1 is 1.50 bits per heavy atom. The van der Waals surface area contributed by atoms with Crippen molar-refractivity contribution in [3.05, 3.63) is 23.7 Å². The summed E-state index contributed by atoms with van der Waals surface area (Å²) in [5, 5.41) is 0. The first kappa shape index (κ1) is 17.1. The van der Waals surface area contributed by atoms with Gasteiger partial charge in [0, 0.05) is 6.54 Å². The van der Waals surface area contributed by atoms with Gasteiger partial charge in [-0.2, -0.15) is 0 Å². The summed E-state index contributed by atoms with van der Waals surface area (Å²) >= 11 is 1.54. The van der Waals surface area contributed by atoms with Gasteiger partial charge in [-0.05, 0) is 56.9 Å². The molecule has 1 N–H and O–H groups in total. The minimum absolute atomic E-state index is 0.0630. The van der Waals surface area contributed by atoms with Crippen LogP contribution in [0.3, 0.4) is 0 Å². The molecule has 126 valence electrons. The summed E-state index contributed by atoms with van der Waals surface area (Å²) in [4.78, 5) is 23.1. The standard InChI is InChI=1S/C17H22BN3O2S/c1-10-8-13(24-14(10)18)11-9-19-15(20-11)12-6-5-7-21(12)16(22)23-17(2,3)4/h8-9,12H,5-7H2,1-4H3,(H,19,20). The number of H-pyrrole nitrogens is 1. The van der Waals surface area contributed by atoms with Crippen LogP contribution in [0.25, 0.3) is 10.6 Å². The molecule has 5 nitrogen and oxygen atoms in total. The fourth-order valence-electron chi connectivity index (χ4n) is 2.85. The van der Waals surface area contributed by atoms with Crippen molar-refractivity contribution in [2.75, 3.05) is 6.54 Å². The second-order valence-electron chi connectivity index (χ2n) is 7.17. The third kappa shape index (κ3) is 3.51. The van der Waals surface area contributed by atoms with Crippen molar-refractivity contribution in [2.45, 2.75) is 52.2 Å². The Morgan fingerprint density at radius 2 is 2.25 bits per heavy atom. The molecule has 3 rings (SSSR count). The van der Waals surface area contributed by atoms with Crippen LogP contribution in [0.2, 0.25) is 0 Å². The Morgan fingerprint density at radius 3 is 2.88 bits per heavy atom. The number of nitrogens with zero attached hydrogens (tertiary/aromatic N) is 2. The zero-order valence-electron chi connectivity index (χ0n) is 14.5. The van der Waals surface area contributed by atoms with Gasteiger partial charge in [0.2, 0.25) is 0 Å². The maximum absolute atomic E-state index is 12.4. The van der Waals surface area contributed by atoms with E-state index >= 15 is 0 Å². The molecule has 0 aromatic carbocycles. The first-order chi connectivity index (χ1) is 11.2. The summed E-state index contributed by atoms with van der Waals surface area (Å²) in [6, 6.07) is 1.99. The molecule has 3 heterocycles. The summed E-state index contributed by atoms with van der Waals surface area (Å²) in [7, 11) is 5.94. The average molecular weight is 343 g/mol. The van der Waals surface area contributed by atoms with Crippen LogP contribution in [-0.4, -0.2) is 41.0 Å². The van der Waals surface area contributed by atoms with Crippen molar-refractivity contribution < 1.29 is 9.53 Å². The number of imidazole rings is 1. The number of aromatic amines is 1. The van der Waals surface area contributed by atoms with Gasteiger partial charge in [0.05, 0.1) is 22.8 Å². The Bertz CT molecular complexity index is 728. The molecule has 7 heteroatoms. The number of likely N-dealkylation sites (tertiary alicyclic amines) is 1. The highest BCUT2D eigenvalue weighted by atomic mass is 32.1. The number of hydrogen-bond acceptors (Lipinski definition) is 4. The molecule has 2 aromatic rings. The highest BCUT2D eigenvalue weighted by Gasteiger charge is 2.34. The van der Waals surface area contributed by atoms with Crippen LogP contribution in [0.5, 0.6) is 0 Å². The normalized spacial score (nSPS) is 18.2. The molecule has 1 aliphatic rings. The molecule has 1 aliphatic heterocycles. The summed E-state index contributed by atoms with van der Waals surface area (Å²) in [6.07, 6.45) is 3.37. The third-order valence-electron chi connectivity index (χ3n) is 4.01. The summed E-state index contributed by atoms with van der Waals surface area (Å²) < 4.78 is 6.33. The van der Waals surface area contributed by atoms with Crippen LogP contribution in [0.4, 0.5) is 4.79 Å². The number of rotatable bonds is 2. The highest BCUT2D eigenvalue weighted by molar-refractivity contribution is 7.23. The summed E-state index contributed by atoms with van der Waals surface area (Å²) in [5.74, 6) is 0.804. The lowest BCUT2D eigenvalue weighted by molar-refractivity contribution is 0.0219. The molecule has 2 aromatic heterocycles. The second kappa shape index (κ2) is 6.28. The molecule has 2 radical (unpaired) electrons. The maximum atomic E-state index is 12.4. The fraction of sp³-hybridized carbons (Fsp3) is 0.529. The Labute approximate surface area is 147 Å². The second-order valence-corrected chi connectivity index (χ2v) is 8.26. The summed E-state index contributed by atoms with van der Waals surface area (Å²) in [5.41, 5.74) is 1.51. The number of amides is 1. The van der Waals surface area contributed by atoms with Crippen molar-refractivity contribution >= 4 is 30.1 Å². The van der Waals surface area contributed by atoms with E-state index in [1.165, 1.54) is 11.3 Å². The third-order valence-corrected chi connectivity index (χ3v) is 5.11. The number of thiophene rings is 1. The van der Waals surface area contributed by atoms with Crippen LogP contribution in [-0.2, 0) is 4.74 Å². The van der Waals surface area contributed by atoms with Crippen molar-refractivity contribution in [3.8, 4) is 10.6 Å². The van der Waals surface area contributed by atoms with Gasteiger partial charge < -0.3 is 9.72 Å². The number of ether oxygens (including phenoxy) is 1. The van der Waals surface area contributed by atoms with Gasteiger partial charge in [-0.25, -0.2) is 9.78 Å². The maximum Gasteiger partial charge on any atom is 0.410 e. The monoisotopic (exact) mass is 343 g/mol. The zero-order chi connectivity index (χ0) is 17.5.